The summed E-state index contributed by atoms with van der Waals surface area (Å²) in [6.45, 7) is 3.65. The number of amides is 2. The van der Waals surface area contributed by atoms with E-state index in [4.69, 9.17) is 5.73 Å². The van der Waals surface area contributed by atoms with Crippen LogP contribution in [0.5, 0.6) is 0 Å². The van der Waals surface area contributed by atoms with Crippen molar-refractivity contribution in [2.24, 2.45) is 11.7 Å². The molecule has 11 heavy (non-hydrogen) atoms. The van der Waals surface area contributed by atoms with Gasteiger partial charge in [-0.15, -0.1) is 0 Å². The van der Waals surface area contributed by atoms with Gasteiger partial charge in [0.2, 0.25) is 11.8 Å². The normalized spacial score (nSPS) is 12.2. The van der Waals surface area contributed by atoms with E-state index < -0.39 is 5.91 Å². The zero-order valence-electron chi connectivity index (χ0n) is 6.89. The molecule has 0 bridgehead atoms. The van der Waals surface area contributed by atoms with Gasteiger partial charge in [-0.3, -0.25) is 9.59 Å². The van der Waals surface area contributed by atoms with Crippen molar-refractivity contribution in [3.8, 4) is 0 Å². The second kappa shape index (κ2) is 4.71. The van der Waals surface area contributed by atoms with Crippen molar-refractivity contribution in [1.29, 1.82) is 0 Å². The first-order valence-electron chi connectivity index (χ1n) is 3.64. The van der Waals surface area contributed by atoms with Gasteiger partial charge in [-0.1, -0.05) is 13.8 Å². The molecule has 1 unspecified atom stereocenters. The van der Waals surface area contributed by atoms with Gasteiger partial charge in [0.1, 0.15) is 0 Å². The maximum absolute atomic E-state index is 11.0. The van der Waals surface area contributed by atoms with Crippen molar-refractivity contribution in [2.75, 3.05) is 6.54 Å². The van der Waals surface area contributed by atoms with E-state index in [0.717, 1.165) is 6.42 Å². The Balaban J connectivity index is 3.60. The summed E-state index contributed by atoms with van der Waals surface area (Å²) in [5.41, 5.74) is 4.83. The summed E-state index contributed by atoms with van der Waals surface area (Å²) in [5.74, 6) is -0.678. The van der Waals surface area contributed by atoms with E-state index >= 15 is 0 Å². The molecule has 0 aliphatic carbocycles. The molecule has 0 aromatic carbocycles. The van der Waals surface area contributed by atoms with E-state index in [9.17, 15) is 9.59 Å². The fraction of sp³-hybridized carbons (Fsp3) is 0.714. The highest BCUT2D eigenvalue weighted by atomic mass is 16.2. The molecule has 4 nitrogen and oxygen atoms in total. The Labute approximate surface area is 66.1 Å². The smallest absolute Gasteiger partial charge is 0.236 e. The van der Waals surface area contributed by atoms with E-state index in [2.05, 4.69) is 5.32 Å². The monoisotopic (exact) mass is 158 g/mol. The Morgan fingerprint density at radius 3 is 2.45 bits per heavy atom. The quantitative estimate of drug-likeness (QED) is 0.586. The van der Waals surface area contributed by atoms with Crippen molar-refractivity contribution in [3.05, 3.63) is 0 Å². The maximum Gasteiger partial charge on any atom is 0.236 e. The van der Waals surface area contributed by atoms with Crippen LogP contribution in [0.3, 0.4) is 0 Å². The molecule has 0 aliphatic heterocycles. The van der Waals surface area contributed by atoms with Crippen molar-refractivity contribution in [3.63, 3.8) is 0 Å². The average molecular weight is 158 g/mol. The number of hydrogen-bond donors (Lipinski definition) is 2. The zero-order chi connectivity index (χ0) is 8.85. The molecule has 0 spiro atoms. The molecule has 1 atom stereocenters. The van der Waals surface area contributed by atoms with Crippen LogP contribution in [0, 0.1) is 5.92 Å². The minimum Gasteiger partial charge on any atom is -0.368 e. The standard InChI is InChI=1S/C7H14N2O2/c1-3-5(2)7(11)9-4-6(8)10/h5H,3-4H2,1-2H3,(H2,8,10)(H,9,11). The molecule has 64 valence electrons. The second-order valence-corrected chi connectivity index (χ2v) is 2.49. The van der Waals surface area contributed by atoms with E-state index in [1.807, 2.05) is 6.92 Å². The van der Waals surface area contributed by atoms with Crippen molar-refractivity contribution >= 4 is 11.8 Å². The number of carbonyl (C=O) groups is 2. The lowest BCUT2D eigenvalue weighted by Gasteiger charge is -2.07. The number of carbonyl (C=O) groups excluding carboxylic acids is 2. The number of primary amides is 1. The topological polar surface area (TPSA) is 72.2 Å². The van der Waals surface area contributed by atoms with Gasteiger partial charge in [0.15, 0.2) is 0 Å². The van der Waals surface area contributed by atoms with Crippen LogP contribution >= 0.6 is 0 Å². The molecule has 3 N–H and O–H groups in total. The lowest BCUT2D eigenvalue weighted by Crippen LogP contribution is -2.36. The fourth-order valence-corrected chi connectivity index (χ4v) is 0.534. The lowest BCUT2D eigenvalue weighted by atomic mass is 10.1. The van der Waals surface area contributed by atoms with Gasteiger partial charge >= 0.3 is 0 Å². The molecular weight excluding hydrogens is 144 g/mol. The van der Waals surface area contributed by atoms with Crippen LogP contribution in [-0.2, 0) is 9.59 Å². The van der Waals surface area contributed by atoms with Gasteiger partial charge in [-0.05, 0) is 6.42 Å². The first-order valence-corrected chi connectivity index (χ1v) is 3.64. The summed E-state index contributed by atoms with van der Waals surface area (Å²) >= 11 is 0. The number of nitrogens with one attached hydrogen (secondary N) is 1. The number of hydrogen-bond acceptors (Lipinski definition) is 2. The molecule has 0 aromatic rings. The largest absolute Gasteiger partial charge is 0.368 e. The van der Waals surface area contributed by atoms with Crippen molar-refractivity contribution in [2.45, 2.75) is 20.3 Å². The van der Waals surface area contributed by atoms with Gasteiger partial charge < -0.3 is 11.1 Å². The van der Waals surface area contributed by atoms with Gasteiger partial charge in [-0.2, -0.15) is 0 Å². The fourth-order valence-electron chi connectivity index (χ4n) is 0.534. The van der Waals surface area contributed by atoms with Crippen LogP contribution in [0.15, 0.2) is 0 Å². The first-order chi connectivity index (χ1) is 5.07. The van der Waals surface area contributed by atoms with Gasteiger partial charge in [0.05, 0.1) is 6.54 Å². The van der Waals surface area contributed by atoms with E-state index in [1.165, 1.54) is 0 Å². The highest BCUT2D eigenvalue weighted by molar-refractivity contribution is 5.84. The predicted octanol–water partition coefficient (Wildman–Crippen LogP) is -0.366. The van der Waals surface area contributed by atoms with Gasteiger partial charge in [-0.25, -0.2) is 0 Å². The summed E-state index contributed by atoms with van der Waals surface area (Å²) in [6.07, 6.45) is 0.768. The van der Waals surface area contributed by atoms with E-state index in [1.54, 1.807) is 6.92 Å². The Hall–Kier alpha value is -1.06. The zero-order valence-corrected chi connectivity index (χ0v) is 6.89. The number of nitrogens with two attached hydrogens (primary N) is 1. The van der Waals surface area contributed by atoms with Crippen molar-refractivity contribution < 1.29 is 9.59 Å². The summed E-state index contributed by atoms with van der Waals surface area (Å²) in [7, 11) is 0. The Morgan fingerprint density at radius 1 is 1.55 bits per heavy atom. The van der Waals surface area contributed by atoms with Gasteiger partial charge in [0, 0.05) is 5.92 Å². The van der Waals surface area contributed by atoms with Crippen molar-refractivity contribution in [1.82, 2.24) is 5.32 Å². The molecule has 0 heterocycles. The molecule has 4 heteroatoms. The Morgan fingerprint density at radius 2 is 2.09 bits per heavy atom. The lowest BCUT2D eigenvalue weighted by molar-refractivity contribution is -0.127. The van der Waals surface area contributed by atoms with Crippen LogP contribution in [0.2, 0.25) is 0 Å². The van der Waals surface area contributed by atoms with Crippen LogP contribution in [0.4, 0.5) is 0 Å². The molecule has 0 aliphatic rings. The maximum atomic E-state index is 11.0. The molecule has 2 amide bonds. The molecule has 0 aromatic heterocycles. The SMILES string of the molecule is CCC(C)C(=O)NCC(N)=O. The Kier molecular flexibility index (Phi) is 4.26. The molecule has 0 fully saturated rings. The van der Waals surface area contributed by atoms with E-state index in [0.29, 0.717) is 0 Å². The Bertz CT molecular complexity index is 157. The third-order valence-corrected chi connectivity index (χ3v) is 1.50. The highest BCUT2D eigenvalue weighted by Crippen LogP contribution is 1.98. The molecular formula is C7H14N2O2. The first kappa shape index (κ1) is 9.94. The van der Waals surface area contributed by atoms with Crippen LogP contribution in [0.25, 0.3) is 0 Å². The minimum absolute atomic E-state index is 0.0469. The van der Waals surface area contributed by atoms with E-state index in [-0.39, 0.29) is 18.4 Å². The van der Waals surface area contributed by atoms with Crippen LogP contribution in [0.1, 0.15) is 20.3 Å². The number of rotatable bonds is 4. The third kappa shape index (κ3) is 4.36. The summed E-state index contributed by atoms with van der Waals surface area (Å²) < 4.78 is 0. The van der Waals surface area contributed by atoms with Crippen LogP contribution in [-0.4, -0.2) is 18.4 Å². The molecule has 0 radical (unpaired) electrons. The third-order valence-electron chi connectivity index (χ3n) is 1.50. The molecule has 0 rings (SSSR count). The molecule has 0 saturated heterocycles. The predicted molar refractivity (Wildman–Crippen MR) is 41.7 cm³/mol. The second-order valence-electron chi connectivity index (χ2n) is 2.49. The summed E-state index contributed by atoms with van der Waals surface area (Å²) in [4.78, 5) is 21.2. The molecule has 0 saturated carbocycles. The minimum atomic E-state index is -0.512. The van der Waals surface area contributed by atoms with Gasteiger partial charge in [0.25, 0.3) is 0 Å². The summed E-state index contributed by atoms with van der Waals surface area (Å²) in [6, 6.07) is 0. The summed E-state index contributed by atoms with van der Waals surface area (Å²) in [5, 5.41) is 2.42. The van der Waals surface area contributed by atoms with Crippen LogP contribution < -0.4 is 11.1 Å². The average Bonchev–Trinajstić information content (AvgIpc) is 1.98. The highest BCUT2D eigenvalue weighted by Gasteiger charge is 2.09.